The van der Waals surface area contributed by atoms with Crippen molar-refractivity contribution in [3.8, 4) is 11.4 Å². The number of carbonyl (C=O) groups is 1. The summed E-state index contributed by atoms with van der Waals surface area (Å²) in [5, 5.41) is 12.5. The Bertz CT molecular complexity index is 897. The van der Waals surface area contributed by atoms with Gasteiger partial charge >= 0.3 is 0 Å². The van der Waals surface area contributed by atoms with E-state index in [1.54, 1.807) is 12.1 Å². The zero-order chi connectivity index (χ0) is 18.7. The zero-order valence-electron chi connectivity index (χ0n) is 14.2. The van der Waals surface area contributed by atoms with Gasteiger partial charge in [-0.2, -0.15) is 0 Å². The van der Waals surface area contributed by atoms with E-state index >= 15 is 0 Å². The molecule has 2 aromatic rings. The van der Waals surface area contributed by atoms with E-state index in [-0.39, 0.29) is 29.2 Å². The number of halogens is 1. The molecule has 0 aliphatic carbocycles. The fourth-order valence-corrected chi connectivity index (χ4v) is 5.41. The molecule has 0 saturated carbocycles. The van der Waals surface area contributed by atoms with Gasteiger partial charge in [-0.25, -0.2) is 8.42 Å². The van der Waals surface area contributed by atoms with Crippen molar-refractivity contribution in [2.75, 3.05) is 17.3 Å². The van der Waals surface area contributed by atoms with Crippen molar-refractivity contribution >= 4 is 39.1 Å². The zero-order valence-corrected chi connectivity index (χ0v) is 16.6. The van der Waals surface area contributed by atoms with Crippen LogP contribution in [0.3, 0.4) is 0 Å². The van der Waals surface area contributed by atoms with E-state index in [0.29, 0.717) is 29.0 Å². The number of benzene rings is 1. The van der Waals surface area contributed by atoms with Crippen molar-refractivity contribution in [2.24, 2.45) is 0 Å². The summed E-state index contributed by atoms with van der Waals surface area (Å²) in [5.74, 6) is 0.842. The average molecular weight is 415 g/mol. The van der Waals surface area contributed by atoms with Crippen LogP contribution in [-0.4, -0.2) is 52.4 Å². The molecule has 140 valence electrons. The fourth-order valence-electron chi connectivity index (χ4n) is 2.80. The second kappa shape index (κ2) is 7.98. The predicted molar refractivity (Wildman–Crippen MR) is 102 cm³/mol. The van der Waals surface area contributed by atoms with Crippen LogP contribution in [0.5, 0.6) is 0 Å². The van der Waals surface area contributed by atoms with Crippen LogP contribution in [-0.2, 0) is 21.2 Å². The number of sulfone groups is 1. The predicted octanol–water partition coefficient (Wildman–Crippen LogP) is 2.01. The van der Waals surface area contributed by atoms with Crippen molar-refractivity contribution in [3.05, 3.63) is 29.3 Å². The molecule has 1 aliphatic rings. The Labute approximate surface area is 161 Å². The summed E-state index contributed by atoms with van der Waals surface area (Å²) in [6, 6.07) is 7.05. The van der Waals surface area contributed by atoms with Crippen LogP contribution >= 0.6 is 23.4 Å². The highest BCUT2D eigenvalue weighted by Gasteiger charge is 2.29. The summed E-state index contributed by atoms with van der Waals surface area (Å²) in [4.78, 5) is 12.1. The second-order valence-corrected chi connectivity index (χ2v) is 9.62. The molecule has 1 amide bonds. The van der Waals surface area contributed by atoms with Crippen LogP contribution in [0.15, 0.2) is 29.4 Å². The van der Waals surface area contributed by atoms with Crippen molar-refractivity contribution < 1.29 is 13.2 Å². The number of aromatic nitrogens is 3. The van der Waals surface area contributed by atoms with Crippen LogP contribution < -0.4 is 5.32 Å². The monoisotopic (exact) mass is 414 g/mol. The molecule has 2 heterocycles. The standard InChI is InChI=1S/C16H19ClN4O3S2/c1-2-21-15(11-3-5-12(17)6-4-11)19-20-16(21)25-9-14(22)18-13-7-8-26(23,24)10-13/h3-6,13H,2,7-10H2,1H3,(H,18,22). The topological polar surface area (TPSA) is 94.0 Å². The summed E-state index contributed by atoms with van der Waals surface area (Å²) in [6.45, 7) is 2.64. The van der Waals surface area contributed by atoms with Crippen LogP contribution in [0, 0.1) is 0 Å². The number of rotatable bonds is 6. The largest absolute Gasteiger partial charge is 0.352 e. The van der Waals surface area contributed by atoms with E-state index in [9.17, 15) is 13.2 Å². The van der Waals surface area contributed by atoms with Gasteiger partial charge in [0.2, 0.25) is 5.91 Å². The molecule has 1 fully saturated rings. The van der Waals surface area contributed by atoms with Crippen molar-refractivity contribution in [3.63, 3.8) is 0 Å². The van der Waals surface area contributed by atoms with Crippen molar-refractivity contribution in [1.82, 2.24) is 20.1 Å². The molecule has 1 N–H and O–H groups in total. The van der Waals surface area contributed by atoms with Gasteiger partial charge in [0.25, 0.3) is 0 Å². The molecule has 3 rings (SSSR count). The minimum Gasteiger partial charge on any atom is -0.352 e. The molecule has 7 nitrogen and oxygen atoms in total. The first kappa shape index (κ1) is 19.2. The van der Waals surface area contributed by atoms with Gasteiger partial charge in [0, 0.05) is 23.2 Å². The normalized spacial score (nSPS) is 18.8. The van der Waals surface area contributed by atoms with Crippen molar-refractivity contribution in [1.29, 1.82) is 0 Å². The summed E-state index contributed by atoms with van der Waals surface area (Å²) < 4.78 is 24.8. The van der Waals surface area contributed by atoms with Crippen LogP contribution in [0.2, 0.25) is 5.02 Å². The molecule has 1 aromatic heterocycles. The second-order valence-electron chi connectivity index (χ2n) is 6.01. The first-order chi connectivity index (χ1) is 12.4. The lowest BCUT2D eigenvalue weighted by Gasteiger charge is -2.11. The van der Waals surface area contributed by atoms with Gasteiger partial charge in [0.15, 0.2) is 20.8 Å². The first-order valence-electron chi connectivity index (χ1n) is 8.19. The highest BCUT2D eigenvalue weighted by molar-refractivity contribution is 7.99. The molecule has 1 saturated heterocycles. The molecule has 0 radical (unpaired) electrons. The van der Waals surface area contributed by atoms with Gasteiger partial charge in [0.1, 0.15) is 0 Å². The van der Waals surface area contributed by atoms with E-state index in [4.69, 9.17) is 11.6 Å². The van der Waals surface area contributed by atoms with Crippen LogP contribution in [0.1, 0.15) is 13.3 Å². The Balaban J connectivity index is 1.63. The van der Waals surface area contributed by atoms with E-state index in [0.717, 1.165) is 5.56 Å². The minimum atomic E-state index is -3.01. The molecule has 1 aromatic carbocycles. The van der Waals surface area contributed by atoms with Crippen molar-refractivity contribution in [2.45, 2.75) is 31.1 Å². The molecule has 0 bridgehead atoms. The maximum Gasteiger partial charge on any atom is 0.230 e. The Morgan fingerprint density at radius 2 is 2.08 bits per heavy atom. The number of thioether (sulfide) groups is 1. The van der Waals surface area contributed by atoms with E-state index in [2.05, 4.69) is 15.5 Å². The summed E-state index contributed by atoms with van der Waals surface area (Å²) in [6.07, 6.45) is 0.477. The summed E-state index contributed by atoms with van der Waals surface area (Å²) in [7, 11) is -3.01. The van der Waals surface area contributed by atoms with E-state index in [1.165, 1.54) is 11.8 Å². The highest BCUT2D eigenvalue weighted by atomic mass is 35.5. The number of amides is 1. The minimum absolute atomic E-state index is 0.0231. The molecular formula is C16H19ClN4O3S2. The Morgan fingerprint density at radius 1 is 1.35 bits per heavy atom. The molecular weight excluding hydrogens is 396 g/mol. The van der Waals surface area contributed by atoms with Gasteiger partial charge in [-0.1, -0.05) is 23.4 Å². The molecule has 10 heteroatoms. The quantitative estimate of drug-likeness (QED) is 0.726. The Morgan fingerprint density at radius 3 is 2.69 bits per heavy atom. The van der Waals surface area contributed by atoms with Crippen LogP contribution in [0.4, 0.5) is 0 Å². The third kappa shape index (κ3) is 4.57. The van der Waals surface area contributed by atoms with Crippen LogP contribution in [0.25, 0.3) is 11.4 Å². The van der Waals surface area contributed by atoms with E-state index in [1.807, 2.05) is 23.6 Å². The summed E-state index contributed by atoms with van der Waals surface area (Å²) >= 11 is 7.20. The number of nitrogens with zero attached hydrogens (tertiary/aromatic N) is 3. The number of hydrogen-bond acceptors (Lipinski definition) is 6. The fraction of sp³-hybridized carbons (Fsp3) is 0.438. The van der Waals surface area contributed by atoms with Gasteiger partial charge in [-0.05, 0) is 37.6 Å². The number of nitrogens with one attached hydrogen (secondary N) is 1. The maximum absolute atomic E-state index is 12.1. The number of hydrogen-bond donors (Lipinski definition) is 1. The molecule has 0 spiro atoms. The highest BCUT2D eigenvalue weighted by Crippen LogP contribution is 2.25. The third-order valence-electron chi connectivity index (χ3n) is 4.07. The molecule has 26 heavy (non-hydrogen) atoms. The lowest BCUT2D eigenvalue weighted by molar-refractivity contribution is -0.119. The summed E-state index contributed by atoms with van der Waals surface area (Å²) in [5.41, 5.74) is 0.899. The maximum atomic E-state index is 12.1. The third-order valence-corrected chi connectivity index (χ3v) is 7.05. The molecule has 1 unspecified atom stereocenters. The van der Waals surface area contributed by atoms with Gasteiger partial charge in [-0.15, -0.1) is 10.2 Å². The Hall–Kier alpha value is -1.58. The molecule has 1 atom stereocenters. The first-order valence-corrected chi connectivity index (χ1v) is 11.4. The Kier molecular flexibility index (Phi) is 5.89. The van der Waals surface area contributed by atoms with Gasteiger partial charge in [-0.3, -0.25) is 4.79 Å². The smallest absolute Gasteiger partial charge is 0.230 e. The number of carbonyl (C=O) groups excluding carboxylic acids is 1. The van der Waals surface area contributed by atoms with E-state index < -0.39 is 9.84 Å². The van der Waals surface area contributed by atoms with Gasteiger partial charge < -0.3 is 9.88 Å². The lowest BCUT2D eigenvalue weighted by atomic mass is 10.2. The van der Waals surface area contributed by atoms with Gasteiger partial charge in [0.05, 0.1) is 17.3 Å². The lowest BCUT2D eigenvalue weighted by Crippen LogP contribution is -2.36. The molecule has 1 aliphatic heterocycles. The average Bonchev–Trinajstić information content (AvgIpc) is 3.16. The SMILES string of the molecule is CCn1c(SCC(=O)NC2CCS(=O)(=O)C2)nnc1-c1ccc(Cl)cc1.